The number of thiol groups is 1. The minimum Gasteiger partial charge on any atom is -0.321 e. The summed E-state index contributed by atoms with van der Waals surface area (Å²) in [7, 11) is 0. The number of hydrogen-bond donors (Lipinski definition) is 2. The number of rotatable bonds is 2. The Kier molecular flexibility index (Phi) is 3.72. The molecule has 0 unspecified atom stereocenters. The summed E-state index contributed by atoms with van der Waals surface area (Å²) >= 11 is 4.29. The lowest BCUT2D eigenvalue weighted by Crippen LogP contribution is -2.14. The second kappa shape index (κ2) is 5.27. The van der Waals surface area contributed by atoms with Crippen molar-refractivity contribution in [3.8, 4) is 0 Å². The van der Waals surface area contributed by atoms with Gasteiger partial charge in [-0.1, -0.05) is 30.3 Å². The second-order valence-corrected chi connectivity index (χ2v) is 4.72. The van der Waals surface area contributed by atoms with Gasteiger partial charge >= 0.3 is 0 Å². The van der Waals surface area contributed by atoms with Gasteiger partial charge in [0.25, 0.3) is 5.91 Å². The lowest BCUT2D eigenvalue weighted by Gasteiger charge is -2.12. The molecule has 0 saturated heterocycles. The maximum Gasteiger partial charge on any atom is 0.256 e. The summed E-state index contributed by atoms with van der Waals surface area (Å²) in [6, 6.07) is 13.2. The Labute approximate surface area is 112 Å². The Morgan fingerprint density at radius 2 is 1.61 bits per heavy atom. The average molecular weight is 257 g/mol. The zero-order valence-corrected chi connectivity index (χ0v) is 11.3. The van der Waals surface area contributed by atoms with Crippen molar-refractivity contribution in [1.29, 1.82) is 0 Å². The summed E-state index contributed by atoms with van der Waals surface area (Å²) in [6.07, 6.45) is 0. The van der Waals surface area contributed by atoms with Crippen molar-refractivity contribution in [2.45, 2.75) is 18.7 Å². The molecule has 92 valence electrons. The number of amides is 1. The predicted molar refractivity (Wildman–Crippen MR) is 77.6 cm³/mol. The fraction of sp³-hybridized carbons (Fsp3) is 0.133. The van der Waals surface area contributed by atoms with Crippen molar-refractivity contribution in [1.82, 2.24) is 0 Å². The highest BCUT2D eigenvalue weighted by atomic mass is 32.1. The molecule has 0 aliphatic carbocycles. The number of carbonyl (C=O) groups excluding carboxylic acids is 1. The van der Waals surface area contributed by atoms with Crippen LogP contribution in [0.5, 0.6) is 0 Å². The molecule has 1 N–H and O–H groups in total. The molecule has 2 aromatic rings. The first-order chi connectivity index (χ1) is 8.59. The number of nitrogens with one attached hydrogen (secondary N) is 1. The van der Waals surface area contributed by atoms with Crippen molar-refractivity contribution in [3.63, 3.8) is 0 Å². The Hall–Kier alpha value is -1.74. The van der Waals surface area contributed by atoms with Crippen LogP contribution < -0.4 is 5.32 Å². The van der Waals surface area contributed by atoms with Crippen molar-refractivity contribution in [2.75, 3.05) is 5.32 Å². The zero-order chi connectivity index (χ0) is 13.1. The molecule has 2 nitrogen and oxygen atoms in total. The molecule has 0 bridgehead atoms. The minimum absolute atomic E-state index is 0.127. The topological polar surface area (TPSA) is 29.1 Å². The van der Waals surface area contributed by atoms with E-state index in [9.17, 15) is 4.79 Å². The van der Waals surface area contributed by atoms with Crippen LogP contribution in [0.15, 0.2) is 47.4 Å². The van der Waals surface area contributed by atoms with Gasteiger partial charge < -0.3 is 5.32 Å². The van der Waals surface area contributed by atoms with E-state index in [1.807, 2.05) is 50.2 Å². The van der Waals surface area contributed by atoms with Crippen LogP contribution in [-0.4, -0.2) is 5.91 Å². The molecule has 0 atom stereocenters. The largest absolute Gasteiger partial charge is 0.321 e. The van der Waals surface area contributed by atoms with Gasteiger partial charge in [-0.2, -0.15) is 0 Å². The van der Waals surface area contributed by atoms with Crippen LogP contribution in [0.2, 0.25) is 0 Å². The quantitative estimate of drug-likeness (QED) is 0.786. The number of para-hydroxylation sites is 1. The van der Waals surface area contributed by atoms with Crippen molar-refractivity contribution in [2.24, 2.45) is 0 Å². The van der Waals surface area contributed by atoms with Gasteiger partial charge in [-0.15, -0.1) is 12.6 Å². The maximum atomic E-state index is 12.2. The summed E-state index contributed by atoms with van der Waals surface area (Å²) in [4.78, 5) is 12.9. The number of benzene rings is 2. The first-order valence-electron chi connectivity index (χ1n) is 5.75. The smallest absolute Gasteiger partial charge is 0.256 e. The molecule has 0 aliphatic heterocycles. The molecule has 1 amide bonds. The number of aryl methyl sites for hydroxylation is 2. The van der Waals surface area contributed by atoms with E-state index in [0.717, 1.165) is 16.8 Å². The van der Waals surface area contributed by atoms with Gasteiger partial charge in [0.1, 0.15) is 0 Å². The van der Waals surface area contributed by atoms with Crippen LogP contribution in [0.4, 0.5) is 5.69 Å². The lowest BCUT2D eigenvalue weighted by atomic mass is 10.1. The van der Waals surface area contributed by atoms with Crippen molar-refractivity contribution >= 4 is 24.2 Å². The normalized spacial score (nSPS) is 10.2. The van der Waals surface area contributed by atoms with E-state index in [4.69, 9.17) is 0 Å². The number of hydrogen-bond acceptors (Lipinski definition) is 2. The second-order valence-electron chi connectivity index (χ2n) is 4.24. The van der Waals surface area contributed by atoms with Gasteiger partial charge in [-0.3, -0.25) is 4.79 Å². The molecule has 2 rings (SSSR count). The van der Waals surface area contributed by atoms with Gasteiger partial charge in [0.05, 0.1) is 5.56 Å². The molecular weight excluding hydrogens is 242 g/mol. The van der Waals surface area contributed by atoms with Gasteiger partial charge in [0.15, 0.2) is 0 Å². The highest BCUT2D eigenvalue weighted by Crippen LogP contribution is 2.21. The molecule has 0 aliphatic rings. The molecule has 0 radical (unpaired) electrons. The summed E-state index contributed by atoms with van der Waals surface area (Å²) in [5, 5.41) is 2.95. The number of anilines is 1. The zero-order valence-electron chi connectivity index (χ0n) is 10.4. The molecule has 0 fully saturated rings. The van der Waals surface area contributed by atoms with E-state index in [0.29, 0.717) is 10.5 Å². The average Bonchev–Trinajstić information content (AvgIpc) is 2.34. The maximum absolute atomic E-state index is 12.2. The summed E-state index contributed by atoms with van der Waals surface area (Å²) in [5.41, 5.74) is 3.57. The van der Waals surface area contributed by atoms with Crippen LogP contribution in [0.3, 0.4) is 0 Å². The van der Waals surface area contributed by atoms with Crippen LogP contribution in [0.1, 0.15) is 21.5 Å². The van der Waals surface area contributed by atoms with Crippen LogP contribution >= 0.6 is 12.6 Å². The van der Waals surface area contributed by atoms with Crippen LogP contribution in [0.25, 0.3) is 0 Å². The SMILES string of the molecule is Cc1cccc(C)c1NC(=O)c1ccccc1S. The Morgan fingerprint density at radius 1 is 1.00 bits per heavy atom. The van der Waals surface area contributed by atoms with E-state index >= 15 is 0 Å². The summed E-state index contributed by atoms with van der Waals surface area (Å²) in [5.74, 6) is -0.127. The first-order valence-corrected chi connectivity index (χ1v) is 6.20. The molecule has 3 heteroatoms. The molecule has 2 aromatic carbocycles. The summed E-state index contributed by atoms with van der Waals surface area (Å²) in [6.45, 7) is 3.96. The monoisotopic (exact) mass is 257 g/mol. The van der Waals surface area contributed by atoms with E-state index in [-0.39, 0.29) is 5.91 Å². The van der Waals surface area contributed by atoms with Crippen molar-refractivity contribution in [3.05, 3.63) is 59.2 Å². The third kappa shape index (κ3) is 2.57. The van der Waals surface area contributed by atoms with Gasteiger partial charge in [0, 0.05) is 10.6 Å². The van der Waals surface area contributed by atoms with Crippen LogP contribution in [0, 0.1) is 13.8 Å². The number of carbonyl (C=O) groups is 1. The van der Waals surface area contributed by atoms with E-state index in [2.05, 4.69) is 17.9 Å². The molecule has 0 saturated carbocycles. The van der Waals surface area contributed by atoms with Crippen molar-refractivity contribution < 1.29 is 4.79 Å². The van der Waals surface area contributed by atoms with Gasteiger partial charge in [-0.25, -0.2) is 0 Å². The Morgan fingerprint density at radius 3 is 2.22 bits per heavy atom. The highest BCUT2D eigenvalue weighted by molar-refractivity contribution is 7.80. The first kappa shape index (κ1) is 12.7. The lowest BCUT2D eigenvalue weighted by molar-refractivity contribution is 0.102. The summed E-state index contributed by atoms with van der Waals surface area (Å²) < 4.78 is 0. The minimum atomic E-state index is -0.127. The fourth-order valence-corrected chi connectivity index (χ4v) is 2.12. The fourth-order valence-electron chi connectivity index (χ4n) is 1.86. The Balaban J connectivity index is 2.30. The van der Waals surface area contributed by atoms with E-state index < -0.39 is 0 Å². The van der Waals surface area contributed by atoms with Gasteiger partial charge in [-0.05, 0) is 37.1 Å². The standard InChI is InChI=1S/C15H15NOS/c1-10-6-5-7-11(2)14(10)16-15(17)12-8-3-4-9-13(12)18/h3-9,18H,1-2H3,(H,16,17). The van der Waals surface area contributed by atoms with E-state index in [1.54, 1.807) is 6.07 Å². The third-order valence-corrected chi connectivity index (χ3v) is 3.26. The van der Waals surface area contributed by atoms with Crippen LogP contribution in [-0.2, 0) is 0 Å². The molecule has 18 heavy (non-hydrogen) atoms. The Bertz CT molecular complexity index is 573. The molecule has 0 aromatic heterocycles. The molecule has 0 heterocycles. The molecule has 0 spiro atoms. The third-order valence-electron chi connectivity index (χ3n) is 2.87. The predicted octanol–water partition coefficient (Wildman–Crippen LogP) is 3.84. The van der Waals surface area contributed by atoms with Gasteiger partial charge in [0.2, 0.25) is 0 Å². The van der Waals surface area contributed by atoms with E-state index in [1.165, 1.54) is 0 Å². The highest BCUT2D eigenvalue weighted by Gasteiger charge is 2.11. The molecular formula is C15H15NOS.